The molecule has 0 amide bonds. The number of nitrogens with zero attached hydrogens (tertiary/aromatic N) is 3. The van der Waals surface area contributed by atoms with Crippen LogP contribution in [0.5, 0.6) is 0 Å². The number of hydrazine groups is 1. The van der Waals surface area contributed by atoms with E-state index < -0.39 is 0 Å². The number of para-hydroxylation sites is 1. The van der Waals surface area contributed by atoms with E-state index in [4.69, 9.17) is 5.84 Å². The molecule has 0 aliphatic heterocycles. The Morgan fingerprint density at radius 2 is 2.10 bits per heavy atom. The normalized spacial score (nSPS) is 12.5. The summed E-state index contributed by atoms with van der Waals surface area (Å²) in [5, 5.41) is 10.3. The monoisotopic (exact) mass is 299 g/mol. The SMILES string of the molecule is CCc1ccsc1C(NN)c1cnnn1-c1ccccc1. The summed E-state index contributed by atoms with van der Waals surface area (Å²) in [7, 11) is 0. The van der Waals surface area contributed by atoms with Crippen molar-refractivity contribution in [3.05, 3.63) is 64.1 Å². The van der Waals surface area contributed by atoms with Crippen LogP contribution in [0.3, 0.4) is 0 Å². The molecule has 0 spiro atoms. The third-order valence-electron chi connectivity index (χ3n) is 3.46. The van der Waals surface area contributed by atoms with Gasteiger partial charge in [0.1, 0.15) is 0 Å². The molecule has 21 heavy (non-hydrogen) atoms. The summed E-state index contributed by atoms with van der Waals surface area (Å²) in [5.74, 6) is 5.81. The van der Waals surface area contributed by atoms with Crippen molar-refractivity contribution in [3.8, 4) is 5.69 Å². The number of thiophene rings is 1. The van der Waals surface area contributed by atoms with Crippen molar-refractivity contribution >= 4 is 11.3 Å². The highest BCUT2D eigenvalue weighted by Crippen LogP contribution is 2.30. The second-order valence-corrected chi connectivity index (χ2v) is 5.62. The summed E-state index contributed by atoms with van der Waals surface area (Å²) in [6, 6.07) is 12.0. The molecule has 5 nitrogen and oxygen atoms in total. The summed E-state index contributed by atoms with van der Waals surface area (Å²) in [6.45, 7) is 2.14. The number of rotatable bonds is 5. The summed E-state index contributed by atoms with van der Waals surface area (Å²) < 4.78 is 1.82. The molecule has 1 aromatic carbocycles. The van der Waals surface area contributed by atoms with Crippen LogP contribution in [0.25, 0.3) is 5.69 Å². The molecular formula is C15H17N5S. The lowest BCUT2D eigenvalue weighted by atomic mass is 10.1. The maximum atomic E-state index is 5.81. The fraction of sp³-hybridized carbons (Fsp3) is 0.200. The van der Waals surface area contributed by atoms with E-state index in [2.05, 4.69) is 34.1 Å². The Bertz CT molecular complexity index is 704. The van der Waals surface area contributed by atoms with Gasteiger partial charge < -0.3 is 0 Å². The lowest BCUT2D eigenvalue weighted by Crippen LogP contribution is -2.30. The fourth-order valence-corrected chi connectivity index (χ4v) is 3.47. The number of hydrogen-bond acceptors (Lipinski definition) is 5. The van der Waals surface area contributed by atoms with Crippen molar-refractivity contribution in [2.45, 2.75) is 19.4 Å². The molecule has 0 radical (unpaired) electrons. The van der Waals surface area contributed by atoms with Crippen LogP contribution >= 0.6 is 11.3 Å². The number of nitrogens with two attached hydrogens (primary N) is 1. The van der Waals surface area contributed by atoms with Crippen LogP contribution in [-0.2, 0) is 6.42 Å². The van der Waals surface area contributed by atoms with E-state index in [0.717, 1.165) is 17.8 Å². The van der Waals surface area contributed by atoms with Crippen molar-refractivity contribution in [2.24, 2.45) is 5.84 Å². The number of nitrogens with one attached hydrogen (secondary N) is 1. The fourth-order valence-electron chi connectivity index (χ4n) is 2.40. The van der Waals surface area contributed by atoms with Gasteiger partial charge in [0.2, 0.25) is 0 Å². The van der Waals surface area contributed by atoms with Gasteiger partial charge in [-0.15, -0.1) is 16.4 Å². The average molecular weight is 299 g/mol. The molecule has 0 aliphatic carbocycles. The van der Waals surface area contributed by atoms with Gasteiger partial charge in [-0.05, 0) is 35.6 Å². The number of aryl methyl sites for hydroxylation is 1. The van der Waals surface area contributed by atoms with Crippen molar-refractivity contribution < 1.29 is 0 Å². The van der Waals surface area contributed by atoms with Gasteiger partial charge in [-0.25, -0.2) is 10.1 Å². The molecule has 6 heteroatoms. The van der Waals surface area contributed by atoms with Gasteiger partial charge in [0.25, 0.3) is 0 Å². The quantitative estimate of drug-likeness (QED) is 0.561. The van der Waals surface area contributed by atoms with Crippen LogP contribution in [0.1, 0.15) is 29.1 Å². The average Bonchev–Trinajstić information content (AvgIpc) is 3.18. The molecule has 1 atom stereocenters. The topological polar surface area (TPSA) is 68.8 Å². The molecule has 0 aliphatic rings. The van der Waals surface area contributed by atoms with E-state index in [1.165, 1.54) is 10.4 Å². The molecular weight excluding hydrogens is 282 g/mol. The van der Waals surface area contributed by atoms with Crippen LogP contribution in [-0.4, -0.2) is 15.0 Å². The van der Waals surface area contributed by atoms with Gasteiger partial charge in [-0.3, -0.25) is 5.84 Å². The van der Waals surface area contributed by atoms with Crippen LogP contribution in [0.15, 0.2) is 48.0 Å². The van der Waals surface area contributed by atoms with E-state index >= 15 is 0 Å². The van der Waals surface area contributed by atoms with E-state index in [1.807, 2.05) is 35.0 Å². The van der Waals surface area contributed by atoms with Gasteiger partial charge in [0.05, 0.1) is 23.6 Å². The highest BCUT2D eigenvalue weighted by molar-refractivity contribution is 7.10. The first kappa shape index (κ1) is 13.9. The Kier molecular flexibility index (Phi) is 4.10. The molecule has 0 saturated heterocycles. The number of benzene rings is 1. The Morgan fingerprint density at radius 3 is 2.81 bits per heavy atom. The van der Waals surface area contributed by atoms with Crippen LogP contribution in [0, 0.1) is 0 Å². The predicted molar refractivity (Wildman–Crippen MR) is 84.2 cm³/mol. The third kappa shape index (κ3) is 2.61. The van der Waals surface area contributed by atoms with Gasteiger partial charge in [-0.2, -0.15) is 0 Å². The van der Waals surface area contributed by atoms with Gasteiger partial charge in [0.15, 0.2) is 0 Å². The zero-order valence-electron chi connectivity index (χ0n) is 11.7. The van der Waals surface area contributed by atoms with Crippen molar-refractivity contribution in [1.29, 1.82) is 0 Å². The zero-order chi connectivity index (χ0) is 14.7. The molecule has 0 saturated carbocycles. The Hall–Kier alpha value is -2.02. The largest absolute Gasteiger partial charge is 0.270 e. The van der Waals surface area contributed by atoms with Gasteiger partial charge >= 0.3 is 0 Å². The number of aromatic nitrogens is 3. The van der Waals surface area contributed by atoms with Crippen LogP contribution < -0.4 is 11.3 Å². The summed E-state index contributed by atoms with van der Waals surface area (Å²) in [5.41, 5.74) is 6.10. The standard InChI is InChI=1S/C15H17N5S/c1-2-11-8-9-21-15(11)14(18-16)13-10-17-19-20(13)12-6-4-3-5-7-12/h3-10,14,18H,2,16H2,1H3. The van der Waals surface area contributed by atoms with Gasteiger partial charge in [-0.1, -0.05) is 30.3 Å². The second kappa shape index (κ2) is 6.17. The lowest BCUT2D eigenvalue weighted by Gasteiger charge is -2.17. The highest BCUT2D eigenvalue weighted by Gasteiger charge is 2.22. The third-order valence-corrected chi connectivity index (χ3v) is 4.49. The summed E-state index contributed by atoms with van der Waals surface area (Å²) >= 11 is 1.70. The first-order valence-corrected chi connectivity index (χ1v) is 7.71. The maximum absolute atomic E-state index is 5.81. The molecule has 0 bridgehead atoms. The Morgan fingerprint density at radius 1 is 1.29 bits per heavy atom. The van der Waals surface area contributed by atoms with Crippen molar-refractivity contribution in [2.75, 3.05) is 0 Å². The van der Waals surface area contributed by atoms with Gasteiger partial charge in [0, 0.05) is 4.88 Å². The molecule has 1 unspecified atom stereocenters. The van der Waals surface area contributed by atoms with Crippen LogP contribution in [0.4, 0.5) is 0 Å². The second-order valence-electron chi connectivity index (χ2n) is 4.67. The number of hydrogen-bond donors (Lipinski definition) is 2. The highest BCUT2D eigenvalue weighted by atomic mass is 32.1. The molecule has 3 aromatic rings. The summed E-state index contributed by atoms with van der Waals surface area (Å²) in [6.07, 6.45) is 2.74. The Balaban J connectivity index is 2.05. The summed E-state index contributed by atoms with van der Waals surface area (Å²) in [4.78, 5) is 1.21. The molecule has 108 valence electrons. The minimum absolute atomic E-state index is 0.116. The zero-order valence-corrected chi connectivity index (χ0v) is 12.5. The molecule has 3 rings (SSSR count). The van der Waals surface area contributed by atoms with Crippen molar-refractivity contribution in [3.63, 3.8) is 0 Å². The van der Waals surface area contributed by atoms with Crippen LogP contribution in [0.2, 0.25) is 0 Å². The van der Waals surface area contributed by atoms with E-state index in [-0.39, 0.29) is 6.04 Å². The van der Waals surface area contributed by atoms with E-state index in [0.29, 0.717) is 0 Å². The minimum atomic E-state index is -0.116. The first-order valence-electron chi connectivity index (χ1n) is 6.83. The maximum Gasteiger partial charge on any atom is 0.0993 e. The molecule has 0 fully saturated rings. The van der Waals surface area contributed by atoms with E-state index in [9.17, 15) is 0 Å². The van der Waals surface area contributed by atoms with Crippen molar-refractivity contribution in [1.82, 2.24) is 20.4 Å². The first-order chi connectivity index (χ1) is 10.3. The lowest BCUT2D eigenvalue weighted by molar-refractivity contribution is 0.600. The predicted octanol–water partition coefficient (Wildman–Crippen LogP) is 2.44. The molecule has 3 N–H and O–H groups in total. The smallest absolute Gasteiger partial charge is 0.0993 e. The van der Waals surface area contributed by atoms with E-state index in [1.54, 1.807) is 17.5 Å². The minimum Gasteiger partial charge on any atom is -0.270 e. The Labute approximate surface area is 127 Å². The molecule has 2 aromatic heterocycles. The molecule has 2 heterocycles.